The number of aliphatic carboxylic acids is 1. The summed E-state index contributed by atoms with van der Waals surface area (Å²) in [5.41, 5.74) is 0. The van der Waals surface area contributed by atoms with Crippen molar-refractivity contribution in [2.45, 2.75) is 379 Å². The maximum absolute atomic E-state index is 14.4. The normalized spacial score (nSPS) is 17.6. The number of carbonyl (C=O) groups excluding carboxylic acids is 5. The Hall–Kier alpha value is -3.34. The number of aliphatic hydroxyl groups is 2. The summed E-state index contributed by atoms with van der Waals surface area (Å²) in [5.74, 6) is -3.79. The third-order valence-electron chi connectivity index (χ3n) is 16.5. The van der Waals surface area contributed by atoms with E-state index in [1.54, 1.807) is 0 Å². The monoisotopic (exact) mass is 1190 g/mol. The van der Waals surface area contributed by atoms with E-state index in [4.69, 9.17) is 18.9 Å². The Morgan fingerprint density at radius 3 is 1.30 bits per heavy atom. The lowest BCUT2D eigenvalue weighted by Gasteiger charge is -2.44. The topological polar surface area (TPSA) is 236 Å². The molecule has 6 N–H and O–H groups in total. The van der Waals surface area contributed by atoms with Crippen molar-refractivity contribution in [2.75, 3.05) is 19.8 Å². The second kappa shape index (κ2) is 56.2. The average molecular weight is 1190 g/mol. The number of ether oxygens (including phenoxy) is 4. The van der Waals surface area contributed by atoms with Crippen LogP contribution in [0.1, 0.15) is 336 Å². The molecule has 84 heavy (non-hydrogen) atoms. The van der Waals surface area contributed by atoms with E-state index in [9.17, 15) is 44.1 Å². The summed E-state index contributed by atoms with van der Waals surface area (Å²) in [7, 11) is 0. The molecule has 1 saturated heterocycles. The van der Waals surface area contributed by atoms with Gasteiger partial charge in [-0.2, -0.15) is 0 Å². The van der Waals surface area contributed by atoms with Crippen LogP contribution in [0.5, 0.6) is 0 Å². The molecule has 492 valence electrons. The van der Waals surface area contributed by atoms with Crippen LogP contribution >= 0.6 is 0 Å². The Bertz CT molecular complexity index is 1620. The van der Waals surface area contributed by atoms with Crippen molar-refractivity contribution in [1.29, 1.82) is 0 Å². The van der Waals surface area contributed by atoms with Crippen LogP contribution in [0.4, 0.5) is 0 Å². The zero-order valence-electron chi connectivity index (χ0n) is 54.0. The minimum absolute atomic E-state index is 0.0523. The number of carbonyl (C=O) groups is 6. The predicted molar refractivity (Wildman–Crippen MR) is 336 cm³/mol. The van der Waals surface area contributed by atoms with Crippen molar-refractivity contribution in [2.24, 2.45) is 0 Å². The Labute approximate surface area is 511 Å². The van der Waals surface area contributed by atoms with Gasteiger partial charge in [0.15, 0.2) is 12.4 Å². The molecule has 1 fully saturated rings. The van der Waals surface area contributed by atoms with Gasteiger partial charge in [-0.15, -0.1) is 0 Å². The minimum Gasteiger partial charge on any atom is -0.481 e. The molecule has 0 saturated carbocycles. The quantitative estimate of drug-likeness (QED) is 0.0246. The van der Waals surface area contributed by atoms with Crippen molar-refractivity contribution >= 4 is 35.6 Å². The van der Waals surface area contributed by atoms with E-state index in [-0.39, 0.29) is 44.6 Å². The maximum atomic E-state index is 14.4. The van der Waals surface area contributed by atoms with Gasteiger partial charge in [0, 0.05) is 25.8 Å². The number of aliphatic hydroxyl groups excluding tert-OH is 2. The molecule has 16 nitrogen and oxygen atoms in total. The first-order valence-electron chi connectivity index (χ1n) is 34.9. The highest BCUT2D eigenvalue weighted by Crippen LogP contribution is 2.27. The van der Waals surface area contributed by atoms with Gasteiger partial charge >= 0.3 is 17.9 Å². The zero-order valence-corrected chi connectivity index (χ0v) is 54.0. The fourth-order valence-electron chi connectivity index (χ4n) is 11.2. The van der Waals surface area contributed by atoms with Gasteiger partial charge in [-0.1, -0.05) is 272 Å². The Morgan fingerprint density at radius 1 is 0.488 bits per heavy atom. The van der Waals surface area contributed by atoms with Crippen molar-refractivity contribution in [3.05, 3.63) is 0 Å². The average Bonchev–Trinajstić information content (AvgIpc) is 2.83. The van der Waals surface area contributed by atoms with Gasteiger partial charge in [0.05, 0.1) is 26.1 Å². The van der Waals surface area contributed by atoms with Crippen LogP contribution < -0.4 is 16.0 Å². The summed E-state index contributed by atoms with van der Waals surface area (Å²) in [5, 5.41) is 39.7. The van der Waals surface area contributed by atoms with Gasteiger partial charge in [-0.3, -0.25) is 28.8 Å². The number of hydrogen-bond acceptors (Lipinski definition) is 12. The molecule has 7 atom stereocenters. The Kier molecular flexibility index (Phi) is 52.6. The first-order chi connectivity index (χ1) is 40.9. The highest BCUT2D eigenvalue weighted by Gasteiger charge is 2.49. The molecule has 16 heteroatoms. The van der Waals surface area contributed by atoms with Gasteiger partial charge in [-0.05, 0) is 32.1 Å². The van der Waals surface area contributed by atoms with E-state index >= 15 is 0 Å². The van der Waals surface area contributed by atoms with E-state index in [1.807, 2.05) is 0 Å². The molecule has 0 aromatic rings. The van der Waals surface area contributed by atoms with Gasteiger partial charge in [0.25, 0.3) is 0 Å². The molecular weight excluding hydrogens is 1070 g/mol. The molecular formula is C68H127N3O13. The Balaban J connectivity index is 3.31. The molecule has 1 rings (SSSR count). The lowest BCUT2D eigenvalue weighted by Crippen LogP contribution is -2.66. The lowest BCUT2D eigenvalue weighted by molar-refractivity contribution is -0.274. The molecule has 0 aliphatic carbocycles. The largest absolute Gasteiger partial charge is 0.481 e. The van der Waals surface area contributed by atoms with Crippen LogP contribution in [0.25, 0.3) is 0 Å². The van der Waals surface area contributed by atoms with E-state index < -0.39 is 85.7 Å². The van der Waals surface area contributed by atoms with Gasteiger partial charge in [0.2, 0.25) is 17.7 Å². The van der Waals surface area contributed by atoms with Crippen molar-refractivity contribution in [3.8, 4) is 0 Å². The molecule has 1 aliphatic heterocycles. The van der Waals surface area contributed by atoms with Crippen LogP contribution in [-0.4, -0.2) is 113 Å². The molecule has 0 aromatic carbocycles. The fourth-order valence-corrected chi connectivity index (χ4v) is 11.2. The number of esters is 2. The van der Waals surface area contributed by atoms with Crippen LogP contribution in [-0.2, 0) is 47.7 Å². The van der Waals surface area contributed by atoms with Gasteiger partial charge < -0.3 is 50.2 Å². The summed E-state index contributed by atoms with van der Waals surface area (Å²) in [6, 6.07) is -2.71. The van der Waals surface area contributed by atoms with Crippen molar-refractivity contribution in [3.63, 3.8) is 0 Å². The van der Waals surface area contributed by atoms with E-state index in [0.29, 0.717) is 25.7 Å². The third-order valence-corrected chi connectivity index (χ3v) is 16.5. The molecule has 3 amide bonds. The number of amides is 3. The van der Waals surface area contributed by atoms with Gasteiger partial charge in [0.1, 0.15) is 30.4 Å². The van der Waals surface area contributed by atoms with Crippen molar-refractivity contribution in [1.82, 2.24) is 16.0 Å². The van der Waals surface area contributed by atoms with Crippen LogP contribution in [0.15, 0.2) is 0 Å². The summed E-state index contributed by atoms with van der Waals surface area (Å²) in [6.45, 7) is 7.42. The smallest absolute Gasteiger partial charge is 0.306 e. The summed E-state index contributed by atoms with van der Waals surface area (Å²) < 4.78 is 24.5. The van der Waals surface area contributed by atoms with E-state index in [2.05, 4.69) is 43.6 Å². The number of carboxylic acid groups (broad SMARTS) is 1. The molecule has 0 radical (unpaired) electrons. The molecule has 1 aliphatic rings. The number of carboxylic acids is 1. The summed E-state index contributed by atoms with van der Waals surface area (Å²) in [6.07, 6.45) is 40.3. The van der Waals surface area contributed by atoms with Crippen LogP contribution in [0.3, 0.4) is 0 Å². The number of unbranched alkanes of at least 4 members (excludes halogenated alkanes) is 38. The maximum Gasteiger partial charge on any atom is 0.306 e. The first kappa shape index (κ1) is 78.7. The summed E-state index contributed by atoms with van der Waals surface area (Å²) in [4.78, 5) is 80.0. The molecule has 0 unspecified atom stereocenters. The number of hydrogen-bond donors (Lipinski definition) is 6. The molecule has 1 heterocycles. The number of nitrogens with one attached hydrogen (secondary N) is 3. The highest BCUT2D eigenvalue weighted by molar-refractivity contribution is 5.88. The zero-order chi connectivity index (χ0) is 61.5. The van der Waals surface area contributed by atoms with Crippen LogP contribution in [0, 0.1) is 0 Å². The van der Waals surface area contributed by atoms with Gasteiger partial charge in [-0.25, -0.2) is 0 Å². The third kappa shape index (κ3) is 44.1. The fraction of sp³-hybridized carbons (Fsp3) is 0.912. The first-order valence-corrected chi connectivity index (χ1v) is 34.9. The summed E-state index contributed by atoms with van der Waals surface area (Å²) >= 11 is 0. The van der Waals surface area contributed by atoms with E-state index in [0.717, 1.165) is 96.3 Å². The molecule has 0 bridgehead atoms. The lowest BCUT2D eigenvalue weighted by atomic mass is 9.96. The highest BCUT2D eigenvalue weighted by atomic mass is 16.7. The second-order valence-corrected chi connectivity index (χ2v) is 24.4. The predicted octanol–water partition coefficient (Wildman–Crippen LogP) is 14.9. The second-order valence-electron chi connectivity index (χ2n) is 24.4. The standard InChI is InChI=1S/C68H127N3O13/c1-5-9-13-17-21-25-28-32-36-40-44-48-59(73)70-57(67(80)69-52-51-61(75)76)55-81-68-64(66(65(79)58(54-72)83-68)84-63(78)50-46-42-38-34-30-27-23-19-15-11-7-3)71-60(74)53-56(47-43-39-35-31-24-20-16-12-8-4)82-62(77)49-45-41-37-33-29-26-22-18-14-10-6-2/h56-58,64-66,68,72,79H,5-55H2,1-4H3,(H,69,80)(H,70,73)(H,71,74)(H,75,76)/t56-,57+,58-,64-,65-,66-,68-/m1/s1. The number of rotatable bonds is 60. The van der Waals surface area contributed by atoms with Crippen molar-refractivity contribution < 1.29 is 63.0 Å². The van der Waals surface area contributed by atoms with Crippen LogP contribution in [0.2, 0.25) is 0 Å². The van der Waals surface area contributed by atoms with E-state index in [1.165, 1.54) is 154 Å². The SMILES string of the molecule is CCCCCCCCCCCCCC(=O)N[C@@H](CO[C@@H]1O[C@H](CO)[C@@H](O)[C@H](OC(=O)CCCCCCCCCCCCC)[C@H]1NC(=O)C[C@@H](CCCCCCCCCCC)OC(=O)CCCCCCCCCCCCC)C(=O)NCCC(=O)O. The minimum atomic E-state index is -1.61. The molecule has 0 spiro atoms. The Morgan fingerprint density at radius 2 is 0.881 bits per heavy atom. The molecule has 0 aromatic heterocycles.